The minimum atomic E-state index is -0.415. The minimum absolute atomic E-state index is 0.0668. The molecule has 0 atom stereocenters. The summed E-state index contributed by atoms with van der Waals surface area (Å²) in [5.74, 6) is 0.481. The number of carbonyl (C=O) groups excluding carboxylic acids is 2. The second-order valence-electron chi connectivity index (χ2n) is 7.04. The summed E-state index contributed by atoms with van der Waals surface area (Å²) in [7, 11) is 1.61. The van der Waals surface area contributed by atoms with Crippen molar-refractivity contribution in [3.8, 4) is 5.75 Å². The number of aliphatic imine (C=N–C) groups is 2. The Morgan fingerprint density at radius 1 is 1.20 bits per heavy atom. The maximum absolute atomic E-state index is 12.4. The molecule has 0 saturated heterocycles. The van der Waals surface area contributed by atoms with Crippen LogP contribution in [0.25, 0.3) is 0 Å². The Morgan fingerprint density at radius 2 is 1.93 bits per heavy atom. The fourth-order valence-electron chi connectivity index (χ4n) is 3.25. The molecule has 0 saturated carbocycles. The average Bonchev–Trinajstić information content (AvgIpc) is 3.02. The van der Waals surface area contributed by atoms with Crippen LogP contribution in [-0.2, 0) is 22.6 Å². The molecule has 0 radical (unpaired) electrons. The van der Waals surface area contributed by atoms with Gasteiger partial charge in [-0.1, -0.05) is 24.8 Å². The van der Waals surface area contributed by atoms with Gasteiger partial charge < -0.3 is 10.1 Å². The smallest absolute Gasteiger partial charge is 0.281 e. The van der Waals surface area contributed by atoms with Crippen molar-refractivity contribution < 1.29 is 14.3 Å². The van der Waals surface area contributed by atoms with Crippen molar-refractivity contribution in [2.24, 2.45) is 9.98 Å². The number of aryl methyl sites for hydroxylation is 1. The highest BCUT2D eigenvalue weighted by atomic mass is 16.5. The van der Waals surface area contributed by atoms with E-state index in [0.29, 0.717) is 25.1 Å². The fourth-order valence-corrected chi connectivity index (χ4v) is 3.25. The van der Waals surface area contributed by atoms with Gasteiger partial charge in [-0.15, -0.1) is 0 Å². The van der Waals surface area contributed by atoms with Crippen molar-refractivity contribution in [3.05, 3.63) is 58.9 Å². The summed E-state index contributed by atoms with van der Waals surface area (Å²) in [4.78, 5) is 32.6. The standard InChI is InChI=1S/C22H25N5O3/c1-13-14(2)24-22(25-21(13)29)27-16(4)18(15(3)26-27)10-11-20(28)23-12-17-8-6-7-9-19(17)30-5/h6-9H,1,10-12H2,2-5H3,(H,23,28). The van der Waals surface area contributed by atoms with Gasteiger partial charge in [0.2, 0.25) is 5.91 Å². The lowest BCUT2D eigenvalue weighted by Gasteiger charge is -2.11. The number of benzene rings is 1. The average molecular weight is 407 g/mol. The molecule has 3 rings (SSSR count). The van der Waals surface area contributed by atoms with Crippen LogP contribution in [0.1, 0.15) is 35.9 Å². The predicted octanol–water partition coefficient (Wildman–Crippen LogP) is 2.52. The summed E-state index contributed by atoms with van der Waals surface area (Å²) in [6, 6.07) is 7.57. The molecule has 2 amide bonds. The number of carbonyl (C=O) groups is 2. The number of nitrogens with one attached hydrogen (secondary N) is 1. The van der Waals surface area contributed by atoms with Crippen LogP contribution < -0.4 is 10.1 Å². The summed E-state index contributed by atoms with van der Waals surface area (Å²) in [6.45, 7) is 9.54. The van der Waals surface area contributed by atoms with Crippen LogP contribution in [-0.4, -0.2) is 40.4 Å². The van der Waals surface area contributed by atoms with Gasteiger partial charge in [-0.05, 0) is 38.8 Å². The zero-order chi connectivity index (χ0) is 21.8. The number of methoxy groups -OCH3 is 1. The Labute approximate surface area is 175 Å². The van der Waals surface area contributed by atoms with Gasteiger partial charge in [0.15, 0.2) is 0 Å². The fraction of sp³-hybridized carbons (Fsp3) is 0.318. The van der Waals surface area contributed by atoms with Crippen LogP contribution in [0.2, 0.25) is 0 Å². The number of rotatable bonds is 6. The molecule has 8 heteroatoms. The van der Waals surface area contributed by atoms with Crippen LogP contribution in [0.5, 0.6) is 5.75 Å². The quantitative estimate of drug-likeness (QED) is 0.744. The molecule has 0 spiro atoms. The van der Waals surface area contributed by atoms with Gasteiger partial charge in [0.05, 0.1) is 24.1 Å². The lowest BCUT2D eigenvalue weighted by atomic mass is 10.1. The molecule has 0 unspecified atom stereocenters. The number of aromatic nitrogens is 2. The number of amides is 2. The summed E-state index contributed by atoms with van der Waals surface area (Å²) in [6.07, 6.45) is 0.832. The Bertz CT molecular complexity index is 1080. The van der Waals surface area contributed by atoms with E-state index in [1.165, 1.54) is 0 Å². The van der Waals surface area contributed by atoms with Crippen LogP contribution in [0.4, 0.5) is 0 Å². The van der Waals surface area contributed by atoms with E-state index in [1.807, 2.05) is 38.1 Å². The van der Waals surface area contributed by atoms with Crippen molar-refractivity contribution in [1.29, 1.82) is 0 Å². The van der Waals surface area contributed by atoms with E-state index in [1.54, 1.807) is 18.7 Å². The SMILES string of the molecule is C=C1C(=O)N=C(n2nc(C)c(CCC(=O)NCc3ccccc3OC)c2C)N=C1C. The molecule has 2 aromatic rings. The zero-order valence-electron chi connectivity index (χ0n) is 17.7. The number of ether oxygens (including phenoxy) is 1. The minimum Gasteiger partial charge on any atom is -0.496 e. The number of nitrogens with zero attached hydrogens (tertiary/aromatic N) is 4. The van der Waals surface area contributed by atoms with Gasteiger partial charge in [0.25, 0.3) is 11.9 Å². The first-order valence-corrected chi connectivity index (χ1v) is 9.63. The molecule has 156 valence electrons. The number of para-hydroxylation sites is 1. The van der Waals surface area contributed by atoms with E-state index in [2.05, 4.69) is 27.0 Å². The van der Waals surface area contributed by atoms with Gasteiger partial charge in [-0.2, -0.15) is 10.1 Å². The topological polar surface area (TPSA) is 97.9 Å². The number of hydrogen-bond acceptors (Lipinski definition) is 5. The van der Waals surface area contributed by atoms with E-state index in [0.717, 1.165) is 28.3 Å². The molecular formula is C22H25N5O3. The monoisotopic (exact) mass is 407 g/mol. The lowest BCUT2D eigenvalue weighted by Crippen LogP contribution is -2.24. The van der Waals surface area contributed by atoms with Crippen LogP contribution in [0, 0.1) is 13.8 Å². The van der Waals surface area contributed by atoms with Crippen molar-refractivity contribution in [1.82, 2.24) is 15.1 Å². The van der Waals surface area contributed by atoms with Crippen molar-refractivity contribution in [3.63, 3.8) is 0 Å². The molecule has 1 aliphatic heterocycles. The van der Waals surface area contributed by atoms with Gasteiger partial charge in [0.1, 0.15) is 5.75 Å². The highest BCUT2D eigenvalue weighted by molar-refractivity contribution is 6.27. The first-order valence-electron chi connectivity index (χ1n) is 9.63. The zero-order valence-corrected chi connectivity index (χ0v) is 17.7. The maximum Gasteiger partial charge on any atom is 0.281 e. The maximum atomic E-state index is 12.4. The molecule has 1 N–H and O–H groups in total. The second kappa shape index (κ2) is 8.86. The predicted molar refractivity (Wildman–Crippen MR) is 115 cm³/mol. The molecule has 1 aromatic heterocycles. The number of hydrogen-bond donors (Lipinski definition) is 1. The molecule has 0 bridgehead atoms. The van der Waals surface area contributed by atoms with Crippen LogP contribution >= 0.6 is 0 Å². The molecule has 0 fully saturated rings. The second-order valence-corrected chi connectivity index (χ2v) is 7.04. The summed E-state index contributed by atoms with van der Waals surface area (Å²) in [5.41, 5.74) is 4.25. The molecule has 2 heterocycles. The van der Waals surface area contributed by atoms with Gasteiger partial charge in [-0.25, -0.2) is 9.67 Å². The highest BCUT2D eigenvalue weighted by Gasteiger charge is 2.22. The largest absolute Gasteiger partial charge is 0.496 e. The Kier molecular flexibility index (Phi) is 6.25. The first-order chi connectivity index (χ1) is 14.3. The van der Waals surface area contributed by atoms with Gasteiger partial charge in [-0.3, -0.25) is 9.59 Å². The normalized spacial score (nSPS) is 13.7. The summed E-state index contributed by atoms with van der Waals surface area (Å²) in [5, 5.41) is 7.39. The molecule has 0 aliphatic carbocycles. The lowest BCUT2D eigenvalue weighted by molar-refractivity contribution is -0.121. The Hall–Kier alpha value is -3.55. The van der Waals surface area contributed by atoms with E-state index in [-0.39, 0.29) is 17.4 Å². The molecule has 1 aliphatic rings. The third-order valence-electron chi connectivity index (χ3n) is 5.07. The molecule has 1 aromatic carbocycles. The Morgan fingerprint density at radius 3 is 2.63 bits per heavy atom. The van der Waals surface area contributed by atoms with Crippen molar-refractivity contribution >= 4 is 23.5 Å². The van der Waals surface area contributed by atoms with Gasteiger partial charge >= 0.3 is 0 Å². The third-order valence-corrected chi connectivity index (χ3v) is 5.07. The van der Waals surface area contributed by atoms with E-state index in [9.17, 15) is 9.59 Å². The van der Waals surface area contributed by atoms with Crippen molar-refractivity contribution in [2.45, 2.75) is 40.2 Å². The molecular weight excluding hydrogens is 382 g/mol. The Balaban J connectivity index is 1.67. The van der Waals surface area contributed by atoms with E-state index >= 15 is 0 Å². The van der Waals surface area contributed by atoms with Crippen LogP contribution in [0.3, 0.4) is 0 Å². The van der Waals surface area contributed by atoms with E-state index < -0.39 is 5.91 Å². The van der Waals surface area contributed by atoms with Crippen LogP contribution in [0.15, 0.2) is 46.4 Å². The van der Waals surface area contributed by atoms with E-state index in [4.69, 9.17) is 4.74 Å². The first kappa shape index (κ1) is 21.2. The summed E-state index contributed by atoms with van der Waals surface area (Å²) < 4.78 is 6.85. The molecule has 8 nitrogen and oxygen atoms in total. The van der Waals surface area contributed by atoms with Gasteiger partial charge in [0, 0.05) is 24.2 Å². The molecule has 30 heavy (non-hydrogen) atoms. The third kappa shape index (κ3) is 4.37. The summed E-state index contributed by atoms with van der Waals surface area (Å²) >= 11 is 0. The highest BCUT2D eigenvalue weighted by Crippen LogP contribution is 2.19. The van der Waals surface area contributed by atoms with Crippen molar-refractivity contribution in [2.75, 3.05) is 7.11 Å².